The highest BCUT2D eigenvalue weighted by Crippen LogP contribution is 2.33. The molecule has 1 aliphatic rings. The Kier molecular flexibility index (Phi) is 9.61. The molecule has 0 unspecified atom stereocenters. The molecule has 0 bridgehead atoms. The third-order valence-corrected chi connectivity index (χ3v) is 6.09. The lowest BCUT2D eigenvalue weighted by Gasteiger charge is -2.22. The normalized spacial score (nSPS) is 13.6. The molecule has 6 nitrogen and oxygen atoms in total. The minimum Gasteiger partial charge on any atom is -0.383 e. The van der Waals surface area contributed by atoms with Crippen LogP contribution in [0.25, 0.3) is 33.2 Å². The number of halogens is 5. The van der Waals surface area contributed by atoms with E-state index in [0.717, 1.165) is 59.1 Å². The molecule has 33 heavy (non-hydrogen) atoms. The number of nitrogens with two attached hydrogens (primary N) is 1. The van der Waals surface area contributed by atoms with Gasteiger partial charge in [0.1, 0.15) is 5.82 Å². The molecule has 5 rings (SSSR count). The molecule has 0 amide bonds. The maximum atomic E-state index is 6.29. The molecule has 4 aromatic rings. The molecule has 1 aromatic carbocycles. The smallest absolute Gasteiger partial charge is 0.132 e. The van der Waals surface area contributed by atoms with Gasteiger partial charge in [-0.3, -0.25) is 9.67 Å². The van der Waals surface area contributed by atoms with Gasteiger partial charge in [0.15, 0.2) is 0 Å². The van der Waals surface area contributed by atoms with Crippen LogP contribution >= 0.6 is 60.4 Å². The van der Waals surface area contributed by atoms with Gasteiger partial charge < -0.3 is 11.1 Å². The Hall–Kier alpha value is -1.80. The highest BCUT2D eigenvalue weighted by atomic mass is 35.5. The van der Waals surface area contributed by atoms with Gasteiger partial charge in [-0.2, -0.15) is 5.10 Å². The van der Waals surface area contributed by atoms with E-state index < -0.39 is 0 Å². The molecular weight excluding hydrogens is 526 g/mol. The first-order valence-electron chi connectivity index (χ1n) is 9.84. The van der Waals surface area contributed by atoms with Crippen molar-refractivity contribution in [2.75, 3.05) is 18.8 Å². The molecule has 0 spiro atoms. The van der Waals surface area contributed by atoms with E-state index in [1.165, 1.54) is 0 Å². The number of nitrogens with zero attached hydrogens (tertiary/aromatic N) is 4. The van der Waals surface area contributed by atoms with Gasteiger partial charge in [-0.25, -0.2) is 4.98 Å². The molecule has 0 saturated carbocycles. The first kappa shape index (κ1) is 27.4. The van der Waals surface area contributed by atoms with Crippen molar-refractivity contribution >= 4 is 77.0 Å². The Morgan fingerprint density at radius 1 is 0.909 bits per heavy atom. The lowest BCUT2D eigenvalue weighted by molar-refractivity contribution is 0.343. The number of piperidine rings is 1. The first-order valence-corrected chi connectivity index (χ1v) is 10.6. The molecule has 176 valence electrons. The Morgan fingerprint density at radius 2 is 1.67 bits per heavy atom. The second-order valence-corrected chi connectivity index (χ2v) is 8.37. The van der Waals surface area contributed by atoms with Gasteiger partial charge in [0.05, 0.1) is 23.0 Å². The molecule has 1 fully saturated rings. The van der Waals surface area contributed by atoms with Crippen LogP contribution in [0, 0.1) is 0 Å². The van der Waals surface area contributed by atoms with Crippen LogP contribution in [0.1, 0.15) is 18.9 Å². The zero-order valence-electron chi connectivity index (χ0n) is 17.4. The predicted molar refractivity (Wildman–Crippen MR) is 144 cm³/mol. The minimum atomic E-state index is 0. The van der Waals surface area contributed by atoms with Crippen molar-refractivity contribution in [2.45, 2.75) is 18.9 Å². The number of rotatable bonds is 3. The van der Waals surface area contributed by atoms with E-state index in [2.05, 4.69) is 31.3 Å². The van der Waals surface area contributed by atoms with E-state index in [-0.39, 0.29) is 37.2 Å². The van der Waals surface area contributed by atoms with Gasteiger partial charge in [0, 0.05) is 45.7 Å². The number of aromatic nitrogens is 4. The monoisotopic (exact) mass is 546 g/mol. The van der Waals surface area contributed by atoms with E-state index in [9.17, 15) is 0 Å². The number of hydrogen-bond donors (Lipinski definition) is 2. The molecule has 1 aliphatic heterocycles. The van der Waals surface area contributed by atoms with Gasteiger partial charge in [-0.1, -0.05) is 23.2 Å². The Labute approximate surface area is 220 Å². The van der Waals surface area contributed by atoms with Gasteiger partial charge in [-0.05, 0) is 55.6 Å². The van der Waals surface area contributed by atoms with Crippen molar-refractivity contribution < 1.29 is 0 Å². The van der Waals surface area contributed by atoms with Gasteiger partial charge >= 0.3 is 0 Å². The van der Waals surface area contributed by atoms with Crippen molar-refractivity contribution in [1.29, 1.82) is 0 Å². The van der Waals surface area contributed by atoms with Crippen molar-refractivity contribution in [2.24, 2.45) is 0 Å². The fourth-order valence-corrected chi connectivity index (χ4v) is 4.48. The summed E-state index contributed by atoms with van der Waals surface area (Å²) in [6.45, 7) is 2.05. The standard InChI is InChI=1S/C22H20Cl2N6.3ClH/c23-16-5-13-7-21(27-11-19(13)20(24)8-16)18-6-14(9-28-22(18)25)15-10-29-30(12-15)17-1-3-26-4-2-17;;;/h5-12,17,26H,1-4H2,(H2,25,28);3*1H. The summed E-state index contributed by atoms with van der Waals surface area (Å²) >= 11 is 12.5. The minimum absolute atomic E-state index is 0. The highest BCUT2D eigenvalue weighted by Gasteiger charge is 2.17. The molecule has 3 N–H and O–H groups in total. The maximum Gasteiger partial charge on any atom is 0.132 e. The lowest BCUT2D eigenvalue weighted by Crippen LogP contribution is -2.29. The van der Waals surface area contributed by atoms with Crippen LogP contribution < -0.4 is 11.1 Å². The van der Waals surface area contributed by atoms with E-state index >= 15 is 0 Å². The lowest BCUT2D eigenvalue weighted by atomic mass is 10.0. The van der Waals surface area contributed by atoms with E-state index in [4.69, 9.17) is 28.9 Å². The summed E-state index contributed by atoms with van der Waals surface area (Å²) in [6.07, 6.45) is 9.64. The summed E-state index contributed by atoms with van der Waals surface area (Å²) < 4.78 is 2.06. The quantitative estimate of drug-likeness (QED) is 0.317. The zero-order valence-corrected chi connectivity index (χ0v) is 21.3. The Morgan fingerprint density at radius 3 is 2.42 bits per heavy atom. The SMILES string of the molecule is Cl.Cl.Cl.Nc1ncc(-c2cnn(C3CCNCC3)c2)cc1-c1cc2cc(Cl)cc(Cl)c2cn1. The second kappa shape index (κ2) is 11.6. The second-order valence-electron chi connectivity index (χ2n) is 7.53. The number of pyridine rings is 2. The number of nitrogen functional groups attached to an aromatic ring is 1. The number of anilines is 1. The van der Waals surface area contributed by atoms with Crippen molar-refractivity contribution in [1.82, 2.24) is 25.1 Å². The average Bonchev–Trinajstić information content (AvgIpc) is 3.24. The Bertz CT molecular complexity index is 1240. The van der Waals surface area contributed by atoms with Gasteiger partial charge in [0.2, 0.25) is 0 Å². The zero-order chi connectivity index (χ0) is 20.7. The summed E-state index contributed by atoms with van der Waals surface area (Å²) in [6, 6.07) is 7.95. The number of hydrogen-bond acceptors (Lipinski definition) is 5. The van der Waals surface area contributed by atoms with E-state index in [1.54, 1.807) is 18.5 Å². The summed E-state index contributed by atoms with van der Waals surface area (Å²) in [4.78, 5) is 8.97. The van der Waals surface area contributed by atoms with Crippen LogP contribution in [-0.4, -0.2) is 32.8 Å². The van der Waals surface area contributed by atoms with Crippen LogP contribution in [0.3, 0.4) is 0 Å². The molecule has 11 heteroatoms. The van der Waals surface area contributed by atoms with E-state index in [0.29, 0.717) is 21.9 Å². The van der Waals surface area contributed by atoms with Crippen molar-refractivity contribution in [3.63, 3.8) is 0 Å². The van der Waals surface area contributed by atoms with Crippen LogP contribution in [0.15, 0.2) is 49.1 Å². The van der Waals surface area contributed by atoms with Crippen LogP contribution in [-0.2, 0) is 0 Å². The topological polar surface area (TPSA) is 81.6 Å². The third kappa shape index (κ3) is 5.65. The average molecular weight is 549 g/mol. The van der Waals surface area contributed by atoms with Gasteiger partial charge in [-0.15, -0.1) is 37.2 Å². The van der Waals surface area contributed by atoms with Crippen molar-refractivity contribution in [3.8, 4) is 22.4 Å². The van der Waals surface area contributed by atoms with Gasteiger partial charge in [0.25, 0.3) is 0 Å². The first-order chi connectivity index (χ1) is 14.6. The fourth-order valence-electron chi connectivity index (χ4n) is 3.92. The van der Waals surface area contributed by atoms with Crippen LogP contribution in [0.2, 0.25) is 10.0 Å². The molecule has 0 aliphatic carbocycles. The summed E-state index contributed by atoms with van der Waals surface area (Å²) in [5.74, 6) is 0.421. The summed E-state index contributed by atoms with van der Waals surface area (Å²) in [5, 5.41) is 10.9. The number of benzene rings is 1. The highest BCUT2D eigenvalue weighted by molar-refractivity contribution is 6.38. The maximum absolute atomic E-state index is 6.29. The molecule has 1 saturated heterocycles. The Balaban J connectivity index is 0.00000128. The number of fused-ring (bicyclic) bond motifs is 1. The summed E-state index contributed by atoms with van der Waals surface area (Å²) in [7, 11) is 0. The van der Waals surface area contributed by atoms with Crippen LogP contribution in [0.4, 0.5) is 5.82 Å². The summed E-state index contributed by atoms with van der Waals surface area (Å²) in [5.41, 5.74) is 9.64. The number of nitrogens with one attached hydrogen (secondary N) is 1. The van der Waals surface area contributed by atoms with E-state index in [1.807, 2.05) is 24.4 Å². The molecule has 3 aromatic heterocycles. The molecular formula is C22H23Cl5N6. The fraction of sp³-hybridized carbons (Fsp3) is 0.227. The largest absolute Gasteiger partial charge is 0.383 e. The van der Waals surface area contributed by atoms with Crippen LogP contribution in [0.5, 0.6) is 0 Å². The molecule has 4 heterocycles. The molecule has 0 radical (unpaired) electrons. The molecule has 0 atom stereocenters. The van der Waals surface area contributed by atoms with Crippen molar-refractivity contribution in [3.05, 3.63) is 59.1 Å². The predicted octanol–water partition coefficient (Wildman–Crippen LogP) is 6.24. The third-order valence-electron chi connectivity index (χ3n) is 5.56.